The molecule has 0 fully saturated rings. The Kier molecular flexibility index (Phi) is 3.00. The lowest BCUT2D eigenvalue weighted by atomic mass is 10.1. The van der Waals surface area contributed by atoms with E-state index in [-0.39, 0.29) is 4.60 Å². The molecule has 0 aromatic carbocycles. The van der Waals surface area contributed by atoms with E-state index in [1.165, 1.54) is 0 Å². The Balaban J connectivity index is 3.53. The van der Waals surface area contributed by atoms with Crippen LogP contribution in [0.5, 0.6) is 0 Å². The number of aromatic carboxylic acids is 1. The van der Waals surface area contributed by atoms with Gasteiger partial charge in [0, 0.05) is 0 Å². The number of aromatic amines is 1. The van der Waals surface area contributed by atoms with Crippen LogP contribution in [0.15, 0.2) is 15.5 Å². The number of hydrogen-bond donors (Lipinski definition) is 2. The SMILES string of the molecule is O=C(O)c1cc(Br)[nH]c(=O)c1C(F)F. The maximum Gasteiger partial charge on any atom is 0.336 e. The van der Waals surface area contributed by atoms with Crippen molar-refractivity contribution in [2.75, 3.05) is 0 Å². The Hall–Kier alpha value is -1.24. The second-order valence-electron chi connectivity index (χ2n) is 2.38. The van der Waals surface area contributed by atoms with Gasteiger partial charge in [0.25, 0.3) is 12.0 Å². The lowest BCUT2D eigenvalue weighted by Crippen LogP contribution is -2.18. The molecule has 0 aliphatic carbocycles. The van der Waals surface area contributed by atoms with E-state index in [0.29, 0.717) is 0 Å². The molecule has 1 rings (SSSR count). The molecule has 4 nitrogen and oxygen atoms in total. The monoisotopic (exact) mass is 267 g/mol. The topological polar surface area (TPSA) is 70.2 Å². The van der Waals surface area contributed by atoms with Gasteiger partial charge in [0.15, 0.2) is 0 Å². The highest BCUT2D eigenvalue weighted by atomic mass is 79.9. The van der Waals surface area contributed by atoms with Crippen LogP contribution in [-0.2, 0) is 0 Å². The third kappa shape index (κ3) is 1.98. The Bertz CT molecular complexity index is 429. The summed E-state index contributed by atoms with van der Waals surface area (Å²) in [7, 11) is 0. The molecule has 14 heavy (non-hydrogen) atoms. The summed E-state index contributed by atoms with van der Waals surface area (Å²) in [4.78, 5) is 23.5. The van der Waals surface area contributed by atoms with E-state index >= 15 is 0 Å². The summed E-state index contributed by atoms with van der Waals surface area (Å²) < 4.78 is 24.6. The van der Waals surface area contributed by atoms with Crippen molar-refractivity contribution < 1.29 is 18.7 Å². The van der Waals surface area contributed by atoms with Gasteiger partial charge in [-0.1, -0.05) is 0 Å². The largest absolute Gasteiger partial charge is 0.478 e. The fraction of sp³-hybridized carbons (Fsp3) is 0.143. The van der Waals surface area contributed by atoms with E-state index in [9.17, 15) is 18.4 Å². The molecule has 0 unspecified atom stereocenters. The first-order valence-electron chi connectivity index (χ1n) is 3.37. The molecule has 0 atom stereocenters. The predicted molar refractivity (Wildman–Crippen MR) is 46.7 cm³/mol. The Labute approximate surface area is 84.7 Å². The molecule has 0 bridgehead atoms. The van der Waals surface area contributed by atoms with Gasteiger partial charge in [-0.25, -0.2) is 13.6 Å². The maximum atomic E-state index is 12.3. The first kappa shape index (κ1) is 10.8. The molecule has 0 spiro atoms. The van der Waals surface area contributed by atoms with Crippen LogP contribution < -0.4 is 5.56 Å². The summed E-state index contributed by atoms with van der Waals surface area (Å²) in [5.74, 6) is -1.56. The molecule has 0 saturated heterocycles. The number of aromatic nitrogens is 1. The zero-order valence-corrected chi connectivity index (χ0v) is 8.14. The number of nitrogens with one attached hydrogen (secondary N) is 1. The van der Waals surface area contributed by atoms with Crippen molar-refractivity contribution in [2.24, 2.45) is 0 Å². The third-order valence-electron chi connectivity index (χ3n) is 1.49. The number of halogens is 3. The molecule has 0 saturated carbocycles. The Morgan fingerprint density at radius 2 is 2.14 bits per heavy atom. The molecule has 0 aliphatic rings. The van der Waals surface area contributed by atoms with Crippen LogP contribution >= 0.6 is 15.9 Å². The van der Waals surface area contributed by atoms with E-state index < -0.39 is 29.1 Å². The normalized spacial score (nSPS) is 10.6. The molecule has 7 heteroatoms. The van der Waals surface area contributed by atoms with E-state index in [0.717, 1.165) is 6.07 Å². The predicted octanol–water partition coefficient (Wildman–Crippen LogP) is 1.77. The number of carbonyl (C=O) groups is 1. The lowest BCUT2D eigenvalue weighted by molar-refractivity contribution is 0.0683. The summed E-state index contributed by atoms with van der Waals surface area (Å²) in [6.45, 7) is 0. The van der Waals surface area contributed by atoms with Crippen molar-refractivity contribution in [3.05, 3.63) is 32.2 Å². The quantitative estimate of drug-likeness (QED) is 0.803. The molecule has 0 radical (unpaired) electrons. The van der Waals surface area contributed by atoms with Crippen molar-refractivity contribution in [3.8, 4) is 0 Å². The average Bonchev–Trinajstić information content (AvgIpc) is 2.01. The van der Waals surface area contributed by atoms with Crippen molar-refractivity contribution in [3.63, 3.8) is 0 Å². The standard InChI is InChI=1S/C7H4BrF2NO3/c8-3-1-2(7(13)14)4(5(9)10)6(12)11-3/h1,5H,(H,11,12)(H,13,14). The number of carboxylic acid groups (broad SMARTS) is 1. The number of rotatable bonds is 2. The zero-order valence-electron chi connectivity index (χ0n) is 6.55. The van der Waals surface area contributed by atoms with Crippen LogP contribution in [0.1, 0.15) is 22.3 Å². The second kappa shape index (κ2) is 3.87. The van der Waals surface area contributed by atoms with Crippen LogP contribution in [0, 0.1) is 0 Å². The fourth-order valence-corrected chi connectivity index (χ4v) is 1.34. The van der Waals surface area contributed by atoms with Crippen LogP contribution in [0.2, 0.25) is 0 Å². The molecule has 1 aromatic rings. The highest BCUT2D eigenvalue weighted by Gasteiger charge is 2.22. The minimum absolute atomic E-state index is 0.0456. The van der Waals surface area contributed by atoms with Crippen LogP contribution in [0.3, 0.4) is 0 Å². The third-order valence-corrected chi connectivity index (χ3v) is 1.91. The number of pyridine rings is 1. The highest BCUT2D eigenvalue weighted by Crippen LogP contribution is 2.20. The molecule has 1 aromatic heterocycles. The summed E-state index contributed by atoms with van der Waals surface area (Å²) in [6, 6.07) is 0.922. The van der Waals surface area contributed by atoms with Crippen LogP contribution in [-0.4, -0.2) is 16.1 Å². The van der Waals surface area contributed by atoms with E-state index in [4.69, 9.17) is 5.11 Å². The highest BCUT2D eigenvalue weighted by molar-refractivity contribution is 9.10. The van der Waals surface area contributed by atoms with Gasteiger partial charge in [0.05, 0.1) is 15.7 Å². The van der Waals surface area contributed by atoms with Crippen LogP contribution in [0.25, 0.3) is 0 Å². The summed E-state index contributed by atoms with van der Waals surface area (Å²) in [5.41, 5.74) is -2.83. The molecule has 1 heterocycles. The van der Waals surface area contributed by atoms with Gasteiger partial charge in [-0.05, 0) is 22.0 Å². The Morgan fingerprint density at radius 3 is 2.57 bits per heavy atom. The molecular formula is C7H4BrF2NO3. The summed E-state index contributed by atoms with van der Waals surface area (Å²) in [6.07, 6.45) is -3.11. The maximum absolute atomic E-state index is 12.3. The van der Waals surface area contributed by atoms with Crippen LogP contribution in [0.4, 0.5) is 8.78 Å². The van der Waals surface area contributed by atoms with Gasteiger partial charge in [-0.15, -0.1) is 0 Å². The van der Waals surface area contributed by atoms with Crippen molar-refractivity contribution in [2.45, 2.75) is 6.43 Å². The number of alkyl halides is 2. The van der Waals surface area contributed by atoms with E-state index in [2.05, 4.69) is 15.9 Å². The summed E-state index contributed by atoms with van der Waals surface area (Å²) >= 11 is 2.80. The van der Waals surface area contributed by atoms with E-state index in [1.807, 2.05) is 4.98 Å². The lowest BCUT2D eigenvalue weighted by Gasteiger charge is -2.03. The van der Waals surface area contributed by atoms with Gasteiger partial charge in [-0.3, -0.25) is 4.79 Å². The zero-order chi connectivity index (χ0) is 10.9. The van der Waals surface area contributed by atoms with Crippen molar-refractivity contribution in [1.82, 2.24) is 4.98 Å². The molecule has 2 N–H and O–H groups in total. The minimum Gasteiger partial charge on any atom is -0.478 e. The average molecular weight is 268 g/mol. The number of hydrogen-bond acceptors (Lipinski definition) is 2. The second-order valence-corrected chi connectivity index (χ2v) is 3.23. The first-order chi connectivity index (χ1) is 6.43. The number of H-pyrrole nitrogens is 1. The minimum atomic E-state index is -3.11. The van der Waals surface area contributed by atoms with Gasteiger partial charge in [0.2, 0.25) is 0 Å². The van der Waals surface area contributed by atoms with E-state index in [1.54, 1.807) is 0 Å². The molecule has 76 valence electrons. The van der Waals surface area contributed by atoms with Crippen molar-refractivity contribution in [1.29, 1.82) is 0 Å². The van der Waals surface area contributed by atoms with Gasteiger partial charge in [0.1, 0.15) is 0 Å². The Morgan fingerprint density at radius 1 is 1.57 bits per heavy atom. The first-order valence-corrected chi connectivity index (χ1v) is 4.17. The van der Waals surface area contributed by atoms with Gasteiger partial charge < -0.3 is 10.1 Å². The number of carboxylic acids is 1. The molecule has 0 aliphatic heterocycles. The fourth-order valence-electron chi connectivity index (χ4n) is 0.932. The smallest absolute Gasteiger partial charge is 0.336 e. The molecular weight excluding hydrogens is 264 g/mol. The molecule has 0 amide bonds. The van der Waals surface area contributed by atoms with Crippen molar-refractivity contribution >= 4 is 21.9 Å². The van der Waals surface area contributed by atoms with Gasteiger partial charge >= 0.3 is 5.97 Å². The van der Waals surface area contributed by atoms with Gasteiger partial charge in [-0.2, -0.15) is 0 Å². The summed E-state index contributed by atoms with van der Waals surface area (Å²) in [5, 5.41) is 8.56.